The average molecular weight is 428 g/mol. The van der Waals surface area contributed by atoms with Gasteiger partial charge in [-0.25, -0.2) is 0 Å². The van der Waals surface area contributed by atoms with Crippen molar-refractivity contribution in [1.82, 2.24) is 10.2 Å². The molecule has 0 aliphatic heterocycles. The minimum absolute atomic E-state index is 0.0938. The SMILES string of the molecule is COc1cc(OC)cc(-c2nnc(SCC(=O)Nc3ccc(NC(C)=O)cc3)o2)c1. The van der Waals surface area contributed by atoms with Crippen molar-refractivity contribution >= 4 is 35.0 Å². The Morgan fingerprint density at radius 3 is 2.13 bits per heavy atom. The van der Waals surface area contributed by atoms with Crippen molar-refractivity contribution in [3.63, 3.8) is 0 Å². The molecule has 30 heavy (non-hydrogen) atoms. The summed E-state index contributed by atoms with van der Waals surface area (Å²) in [5.74, 6) is 1.20. The van der Waals surface area contributed by atoms with Crippen LogP contribution in [-0.4, -0.2) is 42.0 Å². The van der Waals surface area contributed by atoms with Gasteiger partial charge in [-0.3, -0.25) is 9.59 Å². The van der Waals surface area contributed by atoms with Gasteiger partial charge in [0.15, 0.2) is 0 Å². The Morgan fingerprint density at radius 1 is 0.967 bits per heavy atom. The van der Waals surface area contributed by atoms with Crippen LogP contribution < -0.4 is 20.1 Å². The first kappa shape index (κ1) is 21.2. The molecule has 0 aliphatic carbocycles. The summed E-state index contributed by atoms with van der Waals surface area (Å²) in [4.78, 5) is 23.2. The summed E-state index contributed by atoms with van der Waals surface area (Å²) in [6.07, 6.45) is 0. The Bertz CT molecular complexity index is 1010. The predicted octanol–water partition coefficient (Wildman–Crippen LogP) is 3.44. The molecule has 3 aromatic rings. The Morgan fingerprint density at radius 2 is 1.57 bits per heavy atom. The number of aromatic nitrogens is 2. The maximum atomic E-state index is 12.2. The van der Waals surface area contributed by atoms with Gasteiger partial charge in [-0.15, -0.1) is 10.2 Å². The summed E-state index contributed by atoms with van der Waals surface area (Å²) in [7, 11) is 3.11. The number of nitrogens with one attached hydrogen (secondary N) is 2. The number of amides is 2. The largest absolute Gasteiger partial charge is 0.497 e. The molecule has 10 heteroatoms. The molecule has 156 valence electrons. The van der Waals surface area contributed by atoms with Crippen molar-refractivity contribution in [3.8, 4) is 23.0 Å². The van der Waals surface area contributed by atoms with Gasteiger partial charge in [-0.2, -0.15) is 0 Å². The Labute approximate surface area is 177 Å². The van der Waals surface area contributed by atoms with Gasteiger partial charge in [0.25, 0.3) is 5.22 Å². The van der Waals surface area contributed by atoms with Crippen LogP contribution in [0, 0.1) is 0 Å². The van der Waals surface area contributed by atoms with Crippen molar-refractivity contribution < 1.29 is 23.5 Å². The smallest absolute Gasteiger partial charge is 0.277 e. The van der Waals surface area contributed by atoms with Crippen LogP contribution in [-0.2, 0) is 9.59 Å². The molecule has 1 heterocycles. The molecule has 2 N–H and O–H groups in total. The predicted molar refractivity (Wildman–Crippen MR) is 113 cm³/mol. The molecule has 0 saturated heterocycles. The molecule has 0 atom stereocenters. The summed E-state index contributed by atoms with van der Waals surface area (Å²) in [5.41, 5.74) is 1.92. The number of hydrogen-bond acceptors (Lipinski definition) is 8. The van der Waals surface area contributed by atoms with Gasteiger partial charge in [-0.05, 0) is 36.4 Å². The number of thioether (sulfide) groups is 1. The first-order chi connectivity index (χ1) is 14.5. The van der Waals surface area contributed by atoms with Crippen molar-refractivity contribution in [2.45, 2.75) is 12.1 Å². The standard InChI is InChI=1S/C20H20N4O5S/c1-12(25)21-14-4-6-15(7-5-14)22-18(26)11-30-20-24-23-19(29-20)13-8-16(27-2)10-17(9-13)28-3/h4-10H,11H2,1-3H3,(H,21,25)(H,22,26). The van der Waals surface area contributed by atoms with Crippen LogP contribution in [0.1, 0.15) is 6.92 Å². The van der Waals surface area contributed by atoms with Crippen molar-refractivity contribution in [3.05, 3.63) is 42.5 Å². The molecular weight excluding hydrogens is 408 g/mol. The Hall–Kier alpha value is -3.53. The van der Waals surface area contributed by atoms with E-state index in [4.69, 9.17) is 13.9 Å². The van der Waals surface area contributed by atoms with Gasteiger partial charge in [-0.1, -0.05) is 11.8 Å². The lowest BCUT2D eigenvalue weighted by molar-refractivity contribution is -0.114. The van der Waals surface area contributed by atoms with Gasteiger partial charge in [0, 0.05) is 29.9 Å². The van der Waals surface area contributed by atoms with E-state index in [-0.39, 0.29) is 22.8 Å². The highest BCUT2D eigenvalue weighted by Crippen LogP contribution is 2.30. The fraction of sp³-hybridized carbons (Fsp3) is 0.200. The lowest BCUT2D eigenvalue weighted by Crippen LogP contribution is -2.14. The van der Waals surface area contributed by atoms with E-state index >= 15 is 0 Å². The van der Waals surface area contributed by atoms with E-state index in [2.05, 4.69) is 20.8 Å². The average Bonchev–Trinajstić information content (AvgIpc) is 3.22. The Balaban J connectivity index is 1.57. The molecule has 0 unspecified atom stereocenters. The maximum absolute atomic E-state index is 12.2. The minimum Gasteiger partial charge on any atom is -0.497 e. The quantitative estimate of drug-likeness (QED) is 0.524. The molecule has 0 spiro atoms. The van der Waals surface area contributed by atoms with Crippen LogP contribution in [0.2, 0.25) is 0 Å². The molecule has 2 amide bonds. The zero-order valence-corrected chi connectivity index (χ0v) is 17.4. The zero-order chi connectivity index (χ0) is 21.5. The molecule has 2 aromatic carbocycles. The Kier molecular flexibility index (Phi) is 6.91. The number of nitrogens with zero attached hydrogens (tertiary/aromatic N) is 2. The van der Waals surface area contributed by atoms with E-state index in [0.717, 1.165) is 11.8 Å². The second-order valence-electron chi connectivity index (χ2n) is 6.07. The molecule has 0 aliphatic rings. The summed E-state index contributed by atoms with van der Waals surface area (Å²) < 4.78 is 16.1. The van der Waals surface area contributed by atoms with Crippen LogP contribution in [0.3, 0.4) is 0 Å². The third kappa shape index (κ3) is 5.74. The number of hydrogen-bond donors (Lipinski definition) is 2. The van der Waals surface area contributed by atoms with Gasteiger partial charge in [0.2, 0.25) is 17.7 Å². The van der Waals surface area contributed by atoms with Crippen LogP contribution >= 0.6 is 11.8 Å². The first-order valence-corrected chi connectivity index (χ1v) is 9.82. The molecule has 0 fully saturated rings. The van der Waals surface area contributed by atoms with Gasteiger partial charge >= 0.3 is 0 Å². The fourth-order valence-electron chi connectivity index (χ4n) is 2.48. The second kappa shape index (κ2) is 9.79. The maximum Gasteiger partial charge on any atom is 0.277 e. The normalized spacial score (nSPS) is 10.4. The van der Waals surface area contributed by atoms with Gasteiger partial charge in [0.05, 0.1) is 20.0 Å². The summed E-state index contributed by atoms with van der Waals surface area (Å²) in [5, 5.41) is 13.7. The number of rotatable bonds is 8. The minimum atomic E-state index is -0.227. The van der Waals surface area contributed by atoms with E-state index < -0.39 is 0 Å². The summed E-state index contributed by atoms with van der Waals surface area (Å²) >= 11 is 1.12. The lowest BCUT2D eigenvalue weighted by atomic mass is 10.2. The van der Waals surface area contributed by atoms with Gasteiger partial charge < -0.3 is 24.5 Å². The monoisotopic (exact) mass is 428 g/mol. The highest BCUT2D eigenvalue weighted by Gasteiger charge is 2.13. The van der Waals surface area contributed by atoms with Crippen molar-refractivity contribution in [2.75, 3.05) is 30.6 Å². The molecule has 3 rings (SSSR count). The third-order valence-electron chi connectivity index (χ3n) is 3.82. The van der Waals surface area contributed by atoms with Crippen LogP contribution in [0.25, 0.3) is 11.5 Å². The molecular formula is C20H20N4O5S. The summed E-state index contributed by atoms with van der Waals surface area (Å²) in [6, 6.07) is 12.1. The zero-order valence-electron chi connectivity index (χ0n) is 16.6. The molecule has 0 radical (unpaired) electrons. The molecule has 0 saturated carbocycles. The number of methoxy groups -OCH3 is 2. The third-order valence-corrected chi connectivity index (χ3v) is 4.64. The first-order valence-electron chi connectivity index (χ1n) is 8.84. The molecule has 1 aromatic heterocycles. The topological polar surface area (TPSA) is 116 Å². The number of ether oxygens (including phenoxy) is 2. The van der Waals surface area contributed by atoms with E-state index in [0.29, 0.717) is 34.3 Å². The van der Waals surface area contributed by atoms with Gasteiger partial charge in [0.1, 0.15) is 11.5 Å². The highest BCUT2D eigenvalue weighted by molar-refractivity contribution is 7.99. The molecule has 9 nitrogen and oxygen atoms in total. The van der Waals surface area contributed by atoms with E-state index in [1.165, 1.54) is 6.92 Å². The summed E-state index contributed by atoms with van der Waals surface area (Å²) in [6.45, 7) is 1.43. The number of anilines is 2. The number of benzene rings is 2. The van der Waals surface area contributed by atoms with Crippen LogP contribution in [0.4, 0.5) is 11.4 Å². The van der Waals surface area contributed by atoms with Crippen LogP contribution in [0.5, 0.6) is 11.5 Å². The van der Waals surface area contributed by atoms with Crippen molar-refractivity contribution in [2.24, 2.45) is 0 Å². The number of carbonyl (C=O) groups excluding carboxylic acids is 2. The van der Waals surface area contributed by atoms with Crippen LogP contribution in [0.15, 0.2) is 52.1 Å². The highest BCUT2D eigenvalue weighted by atomic mass is 32.2. The van der Waals surface area contributed by atoms with E-state index in [1.807, 2.05) is 0 Å². The lowest BCUT2D eigenvalue weighted by Gasteiger charge is -2.06. The second-order valence-corrected chi connectivity index (χ2v) is 7.00. The molecule has 0 bridgehead atoms. The van der Waals surface area contributed by atoms with E-state index in [9.17, 15) is 9.59 Å². The fourth-order valence-corrected chi connectivity index (χ4v) is 3.04. The number of carbonyl (C=O) groups is 2. The van der Waals surface area contributed by atoms with E-state index in [1.54, 1.807) is 56.7 Å². The van der Waals surface area contributed by atoms with Crippen molar-refractivity contribution in [1.29, 1.82) is 0 Å².